The van der Waals surface area contributed by atoms with Gasteiger partial charge in [-0.3, -0.25) is 4.90 Å². The van der Waals surface area contributed by atoms with Gasteiger partial charge in [-0.15, -0.1) is 0 Å². The summed E-state index contributed by atoms with van der Waals surface area (Å²) in [4.78, 5) is 7.84. The number of anilines is 9. The van der Waals surface area contributed by atoms with Crippen LogP contribution in [0.1, 0.15) is 206 Å². The van der Waals surface area contributed by atoms with E-state index in [4.69, 9.17) is 4.42 Å². The van der Waals surface area contributed by atoms with Gasteiger partial charge in [0, 0.05) is 50.7 Å². The van der Waals surface area contributed by atoms with Crippen LogP contribution in [0.5, 0.6) is 0 Å². The van der Waals surface area contributed by atoms with E-state index in [-0.39, 0.29) is 50.0 Å². The molecule has 81 heavy (non-hydrogen) atoms. The van der Waals surface area contributed by atoms with Gasteiger partial charge < -0.3 is 14.2 Å². The summed E-state index contributed by atoms with van der Waals surface area (Å²) in [6.07, 6.45) is 11.9. The molecule has 16 rings (SSSR count). The SMILES string of the molecule is CC1(C)CCC(C)(C)c2cc(N3c4cc5c(cc4B4c6c3cc(N(c3ccccc3)c3ccccc3)cc6N(c3ccc6c(c3)C(C)(C)CCC6(C)C)c3oc6cc7c(cc6c34)C3(C)CCC7(C)CC3)C(C)(C)CCC5(C)C)ccc21. The zero-order valence-corrected chi connectivity index (χ0v) is 51.1. The van der Waals surface area contributed by atoms with Crippen molar-refractivity contribution in [2.45, 2.75) is 204 Å². The average Bonchev–Trinajstić information content (AvgIpc) is 3.86. The summed E-state index contributed by atoms with van der Waals surface area (Å²) in [6.45, 7) is 34.8. The molecule has 3 heterocycles. The summed E-state index contributed by atoms with van der Waals surface area (Å²) >= 11 is 0. The first-order valence-corrected chi connectivity index (χ1v) is 31.1. The molecule has 6 aliphatic carbocycles. The van der Waals surface area contributed by atoms with Crippen LogP contribution in [0.25, 0.3) is 11.0 Å². The first-order chi connectivity index (χ1) is 38.3. The molecule has 0 unspecified atom stereocenters. The summed E-state index contributed by atoms with van der Waals surface area (Å²) in [5.41, 5.74) is 26.9. The molecule has 1 aromatic heterocycles. The van der Waals surface area contributed by atoms with Crippen LogP contribution in [-0.2, 0) is 43.3 Å². The summed E-state index contributed by atoms with van der Waals surface area (Å²) in [5.74, 6) is 0.962. The first-order valence-electron chi connectivity index (χ1n) is 31.1. The molecule has 0 saturated heterocycles. The number of fused-ring (bicyclic) bond motifs is 11. The van der Waals surface area contributed by atoms with Crippen molar-refractivity contribution in [1.82, 2.24) is 0 Å². The van der Waals surface area contributed by atoms with Crippen LogP contribution in [0.15, 0.2) is 138 Å². The molecular formula is C76H84BN3O. The summed E-state index contributed by atoms with van der Waals surface area (Å²) in [6, 6.07) is 53.0. The number of furan rings is 1. The maximum Gasteiger partial charge on any atom is 0.257 e. The van der Waals surface area contributed by atoms with E-state index in [0.29, 0.717) is 0 Å². The van der Waals surface area contributed by atoms with Crippen LogP contribution < -0.4 is 31.1 Å². The zero-order valence-electron chi connectivity index (χ0n) is 51.1. The molecular weight excluding hydrogens is 982 g/mol. The van der Waals surface area contributed by atoms with Gasteiger partial charge >= 0.3 is 0 Å². The molecule has 0 radical (unpaired) electrons. The van der Waals surface area contributed by atoms with E-state index in [0.717, 1.165) is 59.9 Å². The van der Waals surface area contributed by atoms with Crippen molar-refractivity contribution >= 4 is 85.5 Å². The van der Waals surface area contributed by atoms with E-state index in [1.165, 1.54) is 122 Å². The number of rotatable bonds is 5. The van der Waals surface area contributed by atoms with E-state index in [2.05, 4.69) is 245 Å². The lowest BCUT2D eigenvalue weighted by atomic mass is 9.33. The Balaban J connectivity index is 1.12. The quantitative estimate of drug-likeness (QED) is 0.160. The van der Waals surface area contributed by atoms with Gasteiger partial charge in [0.25, 0.3) is 6.71 Å². The van der Waals surface area contributed by atoms with Gasteiger partial charge in [0.15, 0.2) is 0 Å². The third-order valence-electron chi connectivity index (χ3n) is 23.0. The summed E-state index contributed by atoms with van der Waals surface area (Å²) < 4.78 is 7.89. The van der Waals surface area contributed by atoms with Crippen LogP contribution in [0.2, 0.25) is 0 Å². The molecule has 412 valence electrons. The van der Waals surface area contributed by atoms with E-state index in [9.17, 15) is 0 Å². The fourth-order valence-electron chi connectivity index (χ4n) is 17.2. The van der Waals surface area contributed by atoms with Crippen LogP contribution in [0.4, 0.5) is 51.4 Å². The Kier molecular flexibility index (Phi) is 10.6. The molecule has 0 spiro atoms. The lowest BCUT2D eigenvalue weighted by molar-refractivity contribution is 0.188. The van der Waals surface area contributed by atoms with Gasteiger partial charge in [-0.05, 0) is 242 Å². The van der Waals surface area contributed by atoms with Gasteiger partial charge in [0.2, 0.25) is 5.88 Å². The highest BCUT2D eigenvalue weighted by atomic mass is 16.4. The van der Waals surface area contributed by atoms with Gasteiger partial charge in [-0.1, -0.05) is 152 Å². The van der Waals surface area contributed by atoms with E-state index in [1.54, 1.807) is 5.56 Å². The molecule has 0 amide bonds. The molecule has 0 N–H and O–H groups in total. The van der Waals surface area contributed by atoms with E-state index in [1.807, 2.05) is 0 Å². The van der Waals surface area contributed by atoms with Gasteiger partial charge in [-0.25, -0.2) is 0 Å². The van der Waals surface area contributed by atoms with Crippen molar-refractivity contribution in [2.24, 2.45) is 0 Å². The molecule has 8 aromatic rings. The fourth-order valence-corrected chi connectivity index (χ4v) is 17.2. The Bertz CT molecular complexity index is 3910. The number of para-hydroxylation sites is 2. The summed E-state index contributed by atoms with van der Waals surface area (Å²) in [5, 5.41) is 1.28. The molecule has 2 bridgehead atoms. The van der Waals surface area contributed by atoms with Gasteiger partial charge in [0.05, 0.1) is 5.69 Å². The largest absolute Gasteiger partial charge is 0.440 e. The molecule has 4 nitrogen and oxygen atoms in total. The molecule has 7 aromatic carbocycles. The topological polar surface area (TPSA) is 22.9 Å². The number of hydrogen-bond donors (Lipinski definition) is 0. The van der Waals surface area contributed by atoms with E-state index < -0.39 is 0 Å². The standard InChI is InChI=1S/C76H84BN3O/c1-69(2)29-31-71(5,6)55-39-49(25-27-53(55)69)79-62-45-58-57(73(9,10)33-34-74(58,11)12)44-61(62)77-66-52-43-59-60(76(14)37-35-75(59,13)36-38-76)46-65(52)81-68(66)80(50-26-28-54-56(40-50)72(7,8)32-30-70(54,3)4)64-42-51(41-63(79)67(64)77)78(47-21-17-15-18-22-47)48-23-19-16-20-24-48/h15-28,39-46H,29-38H2,1-14H3. The van der Waals surface area contributed by atoms with Crippen LogP contribution in [0.3, 0.4) is 0 Å². The second kappa shape index (κ2) is 16.6. The molecule has 5 heteroatoms. The maximum absolute atomic E-state index is 7.89. The Morgan fingerprint density at radius 3 is 1.27 bits per heavy atom. The van der Waals surface area contributed by atoms with Crippen molar-refractivity contribution in [1.29, 1.82) is 0 Å². The zero-order chi connectivity index (χ0) is 56.3. The van der Waals surface area contributed by atoms with Crippen LogP contribution in [-0.4, -0.2) is 6.71 Å². The number of hydrogen-bond acceptors (Lipinski definition) is 4. The molecule has 1 saturated carbocycles. The highest BCUT2D eigenvalue weighted by Gasteiger charge is 2.53. The minimum Gasteiger partial charge on any atom is -0.440 e. The predicted molar refractivity (Wildman–Crippen MR) is 344 cm³/mol. The number of nitrogens with zero attached hydrogens (tertiary/aromatic N) is 3. The van der Waals surface area contributed by atoms with Crippen LogP contribution in [0, 0.1) is 0 Å². The average molecular weight is 1070 g/mol. The minimum absolute atomic E-state index is 0.000967. The second-order valence-corrected chi connectivity index (χ2v) is 31.1. The summed E-state index contributed by atoms with van der Waals surface area (Å²) in [7, 11) is 0. The highest BCUT2D eigenvalue weighted by molar-refractivity contribution is 7.01. The third-order valence-corrected chi connectivity index (χ3v) is 23.0. The predicted octanol–water partition coefficient (Wildman–Crippen LogP) is 19.1. The lowest BCUT2D eigenvalue weighted by Gasteiger charge is -2.52. The smallest absolute Gasteiger partial charge is 0.257 e. The Morgan fingerprint density at radius 2 is 0.778 bits per heavy atom. The van der Waals surface area contributed by atoms with Gasteiger partial charge in [-0.2, -0.15) is 0 Å². The van der Waals surface area contributed by atoms with Crippen molar-refractivity contribution in [3.8, 4) is 0 Å². The van der Waals surface area contributed by atoms with Crippen molar-refractivity contribution in [3.63, 3.8) is 0 Å². The van der Waals surface area contributed by atoms with E-state index >= 15 is 0 Å². The normalized spacial score (nSPS) is 24.0. The lowest BCUT2D eigenvalue weighted by Crippen LogP contribution is -2.61. The Hall–Kier alpha value is -6.46. The van der Waals surface area contributed by atoms with Crippen LogP contribution >= 0.6 is 0 Å². The molecule has 2 aliphatic heterocycles. The van der Waals surface area contributed by atoms with Gasteiger partial charge in [0.1, 0.15) is 5.58 Å². The maximum atomic E-state index is 7.89. The Labute approximate surface area is 484 Å². The molecule has 0 atom stereocenters. The van der Waals surface area contributed by atoms with Crippen molar-refractivity contribution in [3.05, 3.63) is 178 Å². The van der Waals surface area contributed by atoms with Crippen molar-refractivity contribution < 1.29 is 4.42 Å². The Morgan fingerprint density at radius 1 is 0.358 bits per heavy atom. The third kappa shape index (κ3) is 7.34. The van der Waals surface area contributed by atoms with Crippen molar-refractivity contribution in [2.75, 3.05) is 14.7 Å². The minimum atomic E-state index is -0.112. The molecule has 8 aliphatic rings. The highest BCUT2D eigenvalue weighted by Crippen LogP contribution is 2.59. The fraction of sp³-hybridized carbons (Fsp3) is 0.421. The first kappa shape index (κ1) is 51.4. The monoisotopic (exact) mass is 1070 g/mol. The number of benzene rings is 7. The molecule has 1 fully saturated rings. The second-order valence-electron chi connectivity index (χ2n) is 31.1.